The molecule has 2 aromatic rings. The van der Waals surface area contributed by atoms with E-state index in [1.54, 1.807) is 25.1 Å². The van der Waals surface area contributed by atoms with Crippen LogP contribution in [0, 0.1) is 0 Å². The minimum atomic E-state index is -3.05. The van der Waals surface area contributed by atoms with E-state index in [1.165, 1.54) is 24.3 Å². The maximum absolute atomic E-state index is 12.4. The van der Waals surface area contributed by atoms with Gasteiger partial charge in [-0.25, -0.2) is 0 Å². The van der Waals surface area contributed by atoms with Crippen LogP contribution in [0.5, 0.6) is 5.75 Å². The van der Waals surface area contributed by atoms with Crippen molar-refractivity contribution in [2.75, 3.05) is 6.54 Å². The van der Waals surface area contributed by atoms with E-state index in [9.17, 15) is 18.4 Å². The van der Waals surface area contributed by atoms with E-state index in [1.807, 2.05) is 6.07 Å². The van der Waals surface area contributed by atoms with E-state index in [-0.39, 0.29) is 23.9 Å². The first-order chi connectivity index (χ1) is 12.4. The normalized spacial score (nSPS) is 11.7. The molecule has 0 aliphatic rings. The Hall–Kier alpha value is -2.67. The molecule has 0 saturated carbocycles. The minimum Gasteiger partial charge on any atom is -0.434 e. The lowest BCUT2D eigenvalue weighted by atomic mass is 10.1. The summed E-state index contributed by atoms with van der Waals surface area (Å²) in [5, 5.41) is 5.64. The van der Waals surface area contributed by atoms with Gasteiger partial charge < -0.3 is 15.4 Å². The summed E-state index contributed by atoms with van der Waals surface area (Å²) in [5.74, 6) is -1.38. The standard InChI is InChI=1S/C18H17ClF2N2O3/c1-11(12-5-4-6-13(19)9-12)23-16(24)10-22-17(25)14-7-2-3-8-15(14)26-18(20)21/h2-9,11,18H,10H2,1H3,(H,22,25)(H,23,24). The fraction of sp³-hybridized carbons (Fsp3) is 0.222. The van der Waals surface area contributed by atoms with Gasteiger partial charge in [-0.05, 0) is 36.8 Å². The Morgan fingerprint density at radius 2 is 1.88 bits per heavy atom. The molecule has 8 heteroatoms. The zero-order valence-corrected chi connectivity index (χ0v) is 14.6. The number of hydrogen-bond acceptors (Lipinski definition) is 3. The topological polar surface area (TPSA) is 67.4 Å². The summed E-state index contributed by atoms with van der Waals surface area (Å²) in [5.41, 5.74) is 0.733. The third kappa shape index (κ3) is 5.70. The lowest BCUT2D eigenvalue weighted by molar-refractivity contribution is -0.120. The number of alkyl halides is 2. The number of para-hydroxylation sites is 1. The monoisotopic (exact) mass is 382 g/mol. The fourth-order valence-electron chi connectivity index (χ4n) is 2.26. The van der Waals surface area contributed by atoms with Crippen LogP contribution in [-0.2, 0) is 4.79 Å². The number of benzene rings is 2. The lowest BCUT2D eigenvalue weighted by Gasteiger charge is -2.15. The number of halogens is 3. The molecule has 2 aromatic carbocycles. The molecule has 0 heterocycles. The molecule has 2 amide bonds. The van der Waals surface area contributed by atoms with E-state index in [2.05, 4.69) is 15.4 Å². The maximum atomic E-state index is 12.4. The van der Waals surface area contributed by atoms with E-state index >= 15 is 0 Å². The van der Waals surface area contributed by atoms with Gasteiger partial charge in [0.2, 0.25) is 5.91 Å². The number of amides is 2. The molecular weight excluding hydrogens is 366 g/mol. The molecule has 0 spiro atoms. The zero-order valence-electron chi connectivity index (χ0n) is 13.8. The highest BCUT2D eigenvalue weighted by molar-refractivity contribution is 6.30. The van der Waals surface area contributed by atoms with E-state index in [4.69, 9.17) is 11.6 Å². The Morgan fingerprint density at radius 3 is 2.58 bits per heavy atom. The molecule has 1 unspecified atom stereocenters. The molecule has 1 atom stereocenters. The SMILES string of the molecule is CC(NC(=O)CNC(=O)c1ccccc1OC(F)F)c1cccc(Cl)c1. The largest absolute Gasteiger partial charge is 0.434 e. The zero-order chi connectivity index (χ0) is 19.1. The highest BCUT2D eigenvalue weighted by Crippen LogP contribution is 2.20. The first kappa shape index (κ1) is 19.7. The Kier molecular flexibility index (Phi) is 6.91. The van der Waals surface area contributed by atoms with Crippen LogP contribution in [0.2, 0.25) is 5.02 Å². The van der Waals surface area contributed by atoms with Crippen molar-refractivity contribution in [2.24, 2.45) is 0 Å². The number of rotatable bonds is 7. The lowest BCUT2D eigenvalue weighted by Crippen LogP contribution is -2.38. The van der Waals surface area contributed by atoms with Crippen molar-refractivity contribution in [3.63, 3.8) is 0 Å². The third-order valence-corrected chi connectivity index (χ3v) is 3.72. The summed E-state index contributed by atoms with van der Waals surface area (Å²) in [7, 11) is 0. The van der Waals surface area contributed by atoms with Crippen LogP contribution in [0.25, 0.3) is 0 Å². The first-order valence-corrected chi connectivity index (χ1v) is 8.11. The Labute approximate surface area is 154 Å². The summed E-state index contributed by atoms with van der Waals surface area (Å²) in [6, 6.07) is 12.3. The number of carbonyl (C=O) groups is 2. The van der Waals surface area contributed by atoms with Crippen LogP contribution in [0.4, 0.5) is 8.78 Å². The third-order valence-electron chi connectivity index (χ3n) is 3.48. The van der Waals surface area contributed by atoms with Crippen molar-refractivity contribution in [3.05, 3.63) is 64.7 Å². The number of ether oxygens (including phenoxy) is 1. The number of nitrogens with one attached hydrogen (secondary N) is 2. The minimum absolute atomic E-state index is 0.0801. The van der Waals surface area contributed by atoms with Crippen LogP contribution in [0.15, 0.2) is 48.5 Å². The van der Waals surface area contributed by atoms with Crippen LogP contribution in [-0.4, -0.2) is 25.0 Å². The Bertz CT molecular complexity index is 787. The predicted octanol–water partition coefficient (Wildman–Crippen LogP) is 3.55. The first-order valence-electron chi connectivity index (χ1n) is 7.73. The van der Waals surface area contributed by atoms with Gasteiger partial charge >= 0.3 is 6.61 Å². The van der Waals surface area contributed by atoms with Crippen LogP contribution >= 0.6 is 11.6 Å². The van der Waals surface area contributed by atoms with Gasteiger partial charge in [-0.2, -0.15) is 8.78 Å². The summed E-state index contributed by atoms with van der Waals surface area (Å²) in [4.78, 5) is 24.1. The summed E-state index contributed by atoms with van der Waals surface area (Å²) in [6.45, 7) is -1.59. The smallest absolute Gasteiger partial charge is 0.387 e. The quantitative estimate of drug-likeness (QED) is 0.769. The van der Waals surface area contributed by atoms with Crippen molar-refractivity contribution in [1.29, 1.82) is 0 Å². The molecule has 0 radical (unpaired) electrons. The Balaban J connectivity index is 1.92. The second-order valence-corrected chi connectivity index (χ2v) is 5.84. The second-order valence-electron chi connectivity index (χ2n) is 5.40. The van der Waals surface area contributed by atoms with Gasteiger partial charge in [0.1, 0.15) is 5.75 Å². The van der Waals surface area contributed by atoms with Gasteiger partial charge in [0, 0.05) is 5.02 Å². The predicted molar refractivity (Wildman–Crippen MR) is 93.4 cm³/mol. The van der Waals surface area contributed by atoms with Crippen molar-refractivity contribution < 1.29 is 23.1 Å². The average molecular weight is 383 g/mol. The van der Waals surface area contributed by atoms with Gasteiger partial charge in [0.25, 0.3) is 5.91 Å². The summed E-state index contributed by atoms with van der Waals surface area (Å²) >= 11 is 5.91. The maximum Gasteiger partial charge on any atom is 0.387 e. The molecule has 0 aliphatic carbocycles. The molecule has 2 N–H and O–H groups in total. The number of carbonyl (C=O) groups excluding carboxylic acids is 2. The van der Waals surface area contributed by atoms with Crippen molar-refractivity contribution in [1.82, 2.24) is 10.6 Å². The van der Waals surface area contributed by atoms with Gasteiger partial charge in [-0.3, -0.25) is 9.59 Å². The van der Waals surface area contributed by atoms with Crippen molar-refractivity contribution >= 4 is 23.4 Å². The molecule has 5 nitrogen and oxygen atoms in total. The molecule has 0 aliphatic heterocycles. The molecule has 0 saturated heterocycles. The van der Waals surface area contributed by atoms with E-state index in [0.29, 0.717) is 5.02 Å². The average Bonchev–Trinajstić information content (AvgIpc) is 2.59. The van der Waals surface area contributed by atoms with Gasteiger partial charge in [0.15, 0.2) is 0 Å². The number of hydrogen-bond donors (Lipinski definition) is 2. The molecule has 2 rings (SSSR count). The van der Waals surface area contributed by atoms with Crippen LogP contribution in [0.1, 0.15) is 28.9 Å². The van der Waals surface area contributed by atoms with Gasteiger partial charge in [-0.1, -0.05) is 35.9 Å². The highest BCUT2D eigenvalue weighted by atomic mass is 35.5. The van der Waals surface area contributed by atoms with Crippen LogP contribution < -0.4 is 15.4 Å². The van der Waals surface area contributed by atoms with E-state index in [0.717, 1.165) is 5.56 Å². The molecular formula is C18H17ClF2N2O3. The van der Waals surface area contributed by atoms with Gasteiger partial charge in [-0.15, -0.1) is 0 Å². The highest BCUT2D eigenvalue weighted by Gasteiger charge is 2.16. The van der Waals surface area contributed by atoms with Gasteiger partial charge in [0.05, 0.1) is 18.2 Å². The van der Waals surface area contributed by atoms with Crippen molar-refractivity contribution in [3.8, 4) is 5.75 Å². The molecule has 0 bridgehead atoms. The fourth-order valence-corrected chi connectivity index (χ4v) is 2.46. The summed E-state index contributed by atoms with van der Waals surface area (Å²) in [6.07, 6.45) is 0. The van der Waals surface area contributed by atoms with Crippen molar-refractivity contribution in [2.45, 2.75) is 19.6 Å². The Morgan fingerprint density at radius 1 is 1.15 bits per heavy atom. The molecule has 0 fully saturated rings. The molecule has 0 aromatic heterocycles. The van der Waals surface area contributed by atoms with E-state index < -0.39 is 18.4 Å². The summed E-state index contributed by atoms with van der Waals surface area (Å²) < 4.78 is 29.1. The molecule has 138 valence electrons. The second kappa shape index (κ2) is 9.15. The van der Waals surface area contributed by atoms with Crippen LogP contribution in [0.3, 0.4) is 0 Å². The molecule has 26 heavy (non-hydrogen) atoms.